The second-order valence-corrected chi connectivity index (χ2v) is 4.18. The summed E-state index contributed by atoms with van der Waals surface area (Å²) in [6.07, 6.45) is 4.00. The van der Waals surface area contributed by atoms with E-state index in [0.29, 0.717) is 12.7 Å². The molecule has 1 rings (SSSR count). The molecule has 0 bridgehead atoms. The zero-order chi connectivity index (χ0) is 12.4. The number of hydrogen-bond donors (Lipinski definition) is 2. The zero-order valence-electron chi connectivity index (χ0n) is 10.7. The summed E-state index contributed by atoms with van der Waals surface area (Å²) < 4.78 is 10.2. The van der Waals surface area contributed by atoms with E-state index in [2.05, 4.69) is 6.92 Å². The summed E-state index contributed by atoms with van der Waals surface area (Å²) in [5, 5.41) is 17.1. The van der Waals surface area contributed by atoms with E-state index in [4.69, 9.17) is 19.7 Å². The fourth-order valence-electron chi connectivity index (χ4n) is 1.13. The van der Waals surface area contributed by atoms with Crippen LogP contribution in [0.25, 0.3) is 0 Å². The van der Waals surface area contributed by atoms with Crippen molar-refractivity contribution in [2.24, 2.45) is 0 Å². The van der Waals surface area contributed by atoms with Crippen molar-refractivity contribution in [2.45, 2.75) is 58.3 Å². The van der Waals surface area contributed by atoms with Crippen molar-refractivity contribution >= 4 is 0 Å². The van der Waals surface area contributed by atoms with Crippen LogP contribution < -0.4 is 0 Å². The van der Waals surface area contributed by atoms with Gasteiger partial charge in [-0.25, -0.2) is 0 Å². The topological polar surface area (TPSA) is 58.9 Å². The second-order valence-electron chi connectivity index (χ2n) is 4.18. The van der Waals surface area contributed by atoms with Gasteiger partial charge in [-0.3, -0.25) is 0 Å². The Kier molecular flexibility index (Phi) is 9.92. The number of aliphatic hydroxyl groups is 2. The highest BCUT2D eigenvalue weighted by atomic mass is 16.5. The van der Waals surface area contributed by atoms with Crippen LogP contribution in [0.15, 0.2) is 0 Å². The molecule has 0 aromatic rings. The molecule has 2 unspecified atom stereocenters. The van der Waals surface area contributed by atoms with Crippen molar-refractivity contribution in [2.75, 3.05) is 19.8 Å². The van der Waals surface area contributed by atoms with Crippen LogP contribution in [-0.2, 0) is 9.47 Å². The predicted molar refractivity (Wildman–Crippen MR) is 63.4 cm³/mol. The summed E-state index contributed by atoms with van der Waals surface area (Å²) in [5.41, 5.74) is 0. The Balaban J connectivity index is 0.000000288. The van der Waals surface area contributed by atoms with Gasteiger partial charge in [0.05, 0.1) is 31.5 Å². The van der Waals surface area contributed by atoms with E-state index >= 15 is 0 Å². The van der Waals surface area contributed by atoms with Gasteiger partial charge in [0.15, 0.2) is 0 Å². The van der Waals surface area contributed by atoms with Crippen LogP contribution in [0.4, 0.5) is 0 Å². The molecule has 4 heteroatoms. The molecule has 0 aromatic heterocycles. The number of rotatable bonds is 6. The van der Waals surface area contributed by atoms with Gasteiger partial charge in [0.1, 0.15) is 0 Å². The monoisotopic (exact) mass is 234 g/mol. The molecule has 0 radical (unpaired) electrons. The lowest BCUT2D eigenvalue weighted by Gasteiger charge is -2.24. The maximum Gasteiger partial charge on any atom is 0.0779 e. The van der Waals surface area contributed by atoms with Gasteiger partial charge in [0.25, 0.3) is 0 Å². The van der Waals surface area contributed by atoms with Crippen LogP contribution in [0.1, 0.15) is 40.0 Å². The first-order valence-electron chi connectivity index (χ1n) is 6.12. The third kappa shape index (κ3) is 9.09. The zero-order valence-corrected chi connectivity index (χ0v) is 10.7. The van der Waals surface area contributed by atoms with Crippen molar-refractivity contribution < 1.29 is 19.7 Å². The molecule has 0 spiro atoms. The molecule has 2 atom stereocenters. The van der Waals surface area contributed by atoms with Crippen LogP contribution >= 0.6 is 0 Å². The summed E-state index contributed by atoms with van der Waals surface area (Å²) in [6.45, 7) is 6.64. The lowest BCUT2D eigenvalue weighted by molar-refractivity contribution is -0.0177. The van der Waals surface area contributed by atoms with E-state index < -0.39 is 6.10 Å². The standard InChI is InChI=1S/C6H14O3.C6H12O/c1-5(8)4-9-6(2)3-7;1-2-7-6-4-3-5-6/h5-8H,3-4H2,1-2H3;6H,2-5H2,1H3. The van der Waals surface area contributed by atoms with Crippen LogP contribution in [0.2, 0.25) is 0 Å². The van der Waals surface area contributed by atoms with Crippen LogP contribution in [0.5, 0.6) is 0 Å². The third-order valence-corrected chi connectivity index (χ3v) is 2.33. The first kappa shape index (κ1) is 15.8. The summed E-state index contributed by atoms with van der Waals surface area (Å²) in [6, 6.07) is 0. The van der Waals surface area contributed by atoms with Crippen molar-refractivity contribution in [3.05, 3.63) is 0 Å². The molecule has 1 aliphatic rings. The van der Waals surface area contributed by atoms with E-state index in [1.165, 1.54) is 19.3 Å². The Bertz CT molecular complexity index is 146. The highest BCUT2D eigenvalue weighted by Gasteiger charge is 2.15. The number of ether oxygens (including phenoxy) is 2. The molecular formula is C12H26O4. The van der Waals surface area contributed by atoms with Crippen molar-refractivity contribution in [3.8, 4) is 0 Å². The van der Waals surface area contributed by atoms with Gasteiger partial charge >= 0.3 is 0 Å². The largest absolute Gasteiger partial charge is 0.394 e. The Morgan fingerprint density at radius 1 is 1.31 bits per heavy atom. The Morgan fingerprint density at radius 2 is 1.94 bits per heavy atom. The molecule has 0 aromatic carbocycles. The highest BCUT2D eigenvalue weighted by Crippen LogP contribution is 2.21. The molecule has 0 amide bonds. The summed E-state index contributed by atoms with van der Waals surface area (Å²) in [7, 11) is 0. The molecule has 1 aliphatic carbocycles. The number of aliphatic hydroxyl groups excluding tert-OH is 2. The predicted octanol–water partition coefficient (Wildman–Crippen LogP) is 1.34. The first-order chi connectivity index (χ1) is 7.60. The van der Waals surface area contributed by atoms with Gasteiger partial charge < -0.3 is 19.7 Å². The molecule has 0 heterocycles. The quantitative estimate of drug-likeness (QED) is 0.728. The summed E-state index contributed by atoms with van der Waals surface area (Å²) in [4.78, 5) is 0. The molecule has 16 heavy (non-hydrogen) atoms. The van der Waals surface area contributed by atoms with Gasteiger partial charge in [-0.1, -0.05) is 0 Å². The van der Waals surface area contributed by atoms with Gasteiger partial charge in [0.2, 0.25) is 0 Å². The molecule has 98 valence electrons. The maximum absolute atomic E-state index is 8.69. The highest BCUT2D eigenvalue weighted by molar-refractivity contribution is 4.68. The fourth-order valence-corrected chi connectivity index (χ4v) is 1.13. The van der Waals surface area contributed by atoms with E-state index in [-0.39, 0.29) is 12.7 Å². The van der Waals surface area contributed by atoms with E-state index in [9.17, 15) is 0 Å². The van der Waals surface area contributed by atoms with Crippen LogP contribution in [-0.4, -0.2) is 48.3 Å². The SMILES string of the molecule is CC(O)COC(C)CO.CCOC1CCC1. The average molecular weight is 234 g/mol. The maximum atomic E-state index is 8.69. The second kappa shape index (κ2) is 10.0. The molecular weight excluding hydrogens is 208 g/mol. The van der Waals surface area contributed by atoms with Gasteiger partial charge in [0, 0.05) is 6.61 Å². The summed E-state index contributed by atoms with van der Waals surface area (Å²) >= 11 is 0. The lowest BCUT2D eigenvalue weighted by atomic mass is 9.96. The molecule has 1 saturated carbocycles. The fraction of sp³-hybridized carbons (Fsp3) is 1.00. The molecule has 2 N–H and O–H groups in total. The minimum Gasteiger partial charge on any atom is -0.394 e. The minimum atomic E-state index is -0.445. The average Bonchev–Trinajstić information content (AvgIpc) is 2.21. The van der Waals surface area contributed by atoms with Crippen LogP contribution in [0, 0.1) is 0 Å². The Hall–Kier alpha value is -0.160. The molecule has 4 nitrogen and oxygen atoms in total. The van der Waals surface area contributed by atoms with E-state index in [1.54, 1.807) is 13.8 Å². The van der Waals surface area contributed by atoms with Gasteiger partial charge in [-0.15, -0.1) is 0 Å². The normalized spacial score (nSPS) is 19.3. The first-order valence-corrected chi connectivity index (χ1v) is 6.12. The van der Waals surface area contributed by atoms with Crippen molar-refractivity contribution in [1.29, 1.82) is 0 Å². The number of hydrogen-bond acceptors (Lipinski definition) is 4. The van der Waals surface area contributed by atoms with Gasteiger partial charge in [-0.2, -0.15) is 0 Å². The Morgan fingerprint density at radius 3 is 2.19 bits per heavy atom. The lowest BCUT2D eigenvalue weighted by Crippen LogP contribution is -2.20. The smallest absolute Gasteiger partial charge is 0.0779 e. The van der Waals surface area contributed by atoms with Crippen molar-refractivity contribution in [1.82, 2.24) is 0 Å². The Labute approximate surface area is 98.6 Å². The van der Waals surface area contributed by atoms with Crippen molar-refractivity contribution in [3.63, 3.8) is 0 Å². The molecule has 1 fully saturated rings. The summed E-state index contributed by atoms with van der Waals surface area (Å²) in [5.74, 6) is 0. The minimum absolute atomic E-state index is 0.00667. The third-order valence-electron chi connectivity index (χ3n) is 2.33. The molecule has 0 saturated heterocycles. The van der Waals surface area contributed by atoms with Crippen LogP contribution in [0.3, 0.4) is 0 Å². The van der Waals surface area contributed by atoms with E-state index in [0.717, 1.165) is 6.61 Å². The van der Waals surface area contributed by atoms with E-state index in [1.807, 2.05) is 0 Å². The molecule has 0 aliphatic heterocycles. The van der Waals surface area contributed by atoms with Gasteiger partial charge in [-0.05, 0) is 40.0 Å².